The van der Waals surface area contributed by atoms with Crippen molar-refractivity contribution in [3.8, 4) is 17.2 Å². The molecule has 0 spiro atoms. The molecule has 0 amide bonds. The molecule has 3 aromatic rings. The van der Waals surface area contributed by atoms with Crippen LogP contribution >= 0.6 is 0 Å². The first kappa shape index (κ1) is 23.9. The van der Waals surface area contributed by atoms with Gasteiger partial charge in [-0.25, -0.2) is 4.68 Å². The van der Waals surface area contributed by atoms with Crippen LogP contribution in [0.3, 0.4) is 0 Å². The molecule has 186 valence electrons. The number of aromatic nitrogens is 3. The summed E-state index contributed by atoms with van der Waals surface area (Å²) in [7, 11) is 1.67. The van der Waals surface area contributed by atoms with E-state index in [0.29, 0.717) is 17.9 Å². The van der Waals surface area contributed by atoms with Gasteiger partial charge < -0.3 is 9.47 Å². The Labute approximate surface area is 209 Å². The number of benzene rings is 2. The Hall–Kier alpha value is -2.82. The lowest BCUT2D eigenvalue weighted by Crippen LogP contribution is -2.48. The first-order valence-electron chi connectivity index (χ1n) is 13.1. The van der Waals surface area contributed by atoms with Crippen molar-refractivity contribution in [3.63, 3.8) is 0 Å². The lowest BCUT2D eigenvalue weighted by Gasteiger charge is -2.54. The molecule has 5 rings (SSSR count). The van der Waals surface area contributed by atoms with Gasteiger partial charge in [0.05, 0.1) is 19.0 Å². The first-order valence-corrected chi connectivity index (χ1v) is 13.1. The Balaban J connectivity index is 1.41. The fourth-order valence-corrected chi connectivity index (χ4v) is 7.04. The number of hydrogen-bond acceptors (Lipinski definition) is 4. The first-order chi connectivity index (χ1) is 16.7. The smallest absolute Gasteiger partial charge is 0.134 e. The molecule has 1 heterocycles. The minimum Gasteiger partial charge on any atom is -0.497 e. The van der Waals surface area contributed by atoms with Gasteiger partial charge in [0.2, 0.25) is 0 Å². The summed E-state index contributed by atoms with van der Waals surface area (Å²) in [6.45, 7) is 12.5. The molecule has 1 saturated carbocycles. The zero-order valence-corrected chi connectivity index (χ0v) is 22.1. The maximum Gasteiger partial charge on any atom is 0.134 e. The quantitative estimate of drug-likeness (QED) is 0.386. The van der Waals surface area contributed by atoms with E-state index in [0.717, 1.165) is 35.2 Å². The summed E-state index contributed by atoms with van der Waals surface area (Å²) in [5, 5.41) is 8.65. The summed E-state index contributed by atoms with van der Waals surface area (Å²) >= 11 is 0. The molecule has 0 unspecified atom stereocenters. The van der Waals surface area contributed by atoms with E-state index in [1.807, 2.05) is 30.5 Å². The second-order valence-electron chi connectivity index (χ2n) is 11.7. The number of nitrogens with zero attached hydrogens (tertiary/aromatic N) is 3. The van der Waals surface area contributed by atoms with E-state index >= 15 is 0 Å². The number of methoxy groups -OCH3 is 1. The highest BCUT2D eigenvalue weighted by Gasteiger charge is 2.50. The Morgan fingerprint density at radius 2 is 1.94 bits per heavy atom. The van der Waals surface area contributed by atoms with Crippen LogP contribution in [0.15, 0.2) is 42.6 Å². The maximum absolute atomic E-state index is 6.41. The minimum absolute atomic E-state index is 0.261. The van der Waals surface area contributed by atoms with Crippen LogP contribution in [-0.2, 0) is 18.4 Å². The molecule has 0 N–H and O–H groups in total. The largest absolute Gasteiger partial charge is 0.497 e. The van der Waals surface area contributed by atoms with Crippen molar-refractivity contribution >= 4 is 0 Å². The van der Waals surface area contributed by atoms with Crippen molar-refractivity contribution in [3.05, 3.63) is 65.0 Å². The third kappa shape index (κ3) is 4.23. The van der Waals surface area contributed by atoms with Gasteiger partial charge >= 0.3 is 0 Å². The van der Waals surface area contributed by atoms with Crippen LogP contribution in [0.4, 0.5) is 0 Å². The highest BCUT2D eigenvalue weighted by molar-refractivity contribution is 5.52. The monoisotopic (exact) mass is 473 g/mol. The van der Waals surface area contributed by atoms with Crippen molar-refractivity contribution in [2.24, 2.45) is 11.3 Å². The fraction of sp³-hybridized carbons (Fsp3) is 0.533. The van der Waals surface area contributed by atoms with Crippen molar-refractivity contribution in [2.75, 3.05) is 7.11 Å². The van der Waals surface area contributed by atoms with E-state index in [-0.39, 0.29) is 5.41 Å². The van der Waals surface area contributed by atoms with Gasteiger partial charge in [0.25, 0.3) is 0 Å². The average molecular weight is 474 g/mol. The second kappa shape index (κ2) is 9.00. The van der Waals surface area contributed by atoms with Gasteiger partial charge in [-0.1, -0.05) is 58.4 Å². The van der Waals surface area contributed by atoms with E-state index in [4.69, 9.17) is 9.47 Å². The van der Waals surface area contributed by atoms with Crippen LogP contribution in [0.5, 0.6) is 11.5 Å². The number of hydrogen-bond donors (Lipinski definition) is 0. The van der Waals surface area contributed by atoms with Crippen LogP contribution in [0.25, 0.3) is 5.69 Å². The molecular formula is C30H39N3O2. The molecule has 0 radical (unpaired) electrons. The Bertz CT molecular complexity index is 1210. The van der Waals surface area contributed by atoms with Crippen LogP contribution in [0.1, 0.15) is 88.6 Å². The summed E-state index contributed by atoms with van der Waals surface area (Å²) in [6, 6.07) is 12.4. The SMILES string of the molecule is COc1cccc(-n2cc(COc3ccc4c(c3C(C)C)CC[C@H]3C(C)(C)CCC[C@]43C)nn2)c1. The van der Waals surface area contributed by atoms with Crippen LogP contribution in [0, 0.1) is 11.3 Å². The molecule has 1 fully saturated rings. The predicted octanol–water partition coefficient (Wildman–Crippen LogP) is 7.01. The number of ether oxygens (including phenoxy) is 2. The van der Waals surface area contributed by atoms with E-state index in [1.54, 1.807) is 17.4 Å². The van der Waals surface area contributed by atoms with E-state index in [2.05, 4.69) is 57.1 Å². The highest BCUT2D eigenvalue weighted by Crippen LogP contribution is 2.58. The lowest BCUT2D eigenvalue weighted by atomic mass is 9.50. The van der Waals surface area contributed by atoms with Gasteiger partial charge in [0.15, 0.2) is 0 Å². The van der Waals surface area contributed by atoms with E-state index in [1.165, 1.54) is 36.8 Å². The third-order valence-electron chi connectivity index (χ3n) is 8.66. The molecular weight excluding hydrogens is 434 g/mol. The van der Waals surface area contributed by atoms with Crippen LogP contribution in [-0.4, -0.2) is 22.1 Å². The summed E-state index contributed by atoms with van der Waals surface area (Å²) in [4.78, 5) is 0. The Kier molecular flexibility index (Phi) is 6.14. The molecule has 0 saturated heterocycles. The van der Waals surface area contributed by atoms with Crippen molar-refractivity contribution in [1.82, 2.24) is 15.0 Å². The standard InChI is InChI=1S/C30H39N3O2/c1-20(2)28-24-11-14-27-29(3,4)15-8-16-30(27,5)25(24)12-13-26(28)35-19-21-18-33(32-31-21)22-9-7-10-23(17-22)34-6/h7,9-10,12-13,17-18,20,27H,8,11,14-16,19H2,1-6H3/t27-,30+/m0/s1. The Morgan fingerprint density at radius 3 is 2.71 bits per heavy atom. The number of fused-ring (bicyclic) bond motifs is 3. The zero-order chi connectivity index (χ0) is 24.8. The molecule has 2 atom stereocenters. The van der Waals surface area contributed by atoms with Crippen LogP contribution < -0.4 is 9.47 Å². The lowest BCUT2D eigenvalue weighted by molar-refractivity contribution is 0.0404. The molecule has 5 nitrogen and oxygen atoms in total. The molecule has 2 aliphatic rings. The van der Waals surface area contributed by atoms with Crippen molar-refractivity contribution in [2.45, 2.75) is 84.7 Å². The average Bonchev–Trinajstić information content (AvgIpc) is 3.31. The van der Waals surface area contributed by atoms with Crippen molar-refractivity contribution in [1.29, 1.82) is 0 Å². The normalized spacial score (nSPS) is 23.0. The zero-order valence-electron chi connectivity index (χ0n) is 22.1. The molecule has 5 heteroatoms. The van der Waals surface area contributed by atoms with Crippen LogP contribution in [0.2, 0.25) is 0 Å². The summed E-state index contributed by atoms with van der Waals surface area (Å²) < 4.78 is 13.5. The topological polar surface area (TPSA) is 49.2 Å². The van der Waals surface area contributed by atoms with Gasteiger partial charge in [-0.05, 0) is 77.7 Å². The van der Waals surface area contributed by atoms with Gasteiger partial charge in [-0.2, -0.15) is 0 Å². The molecule has 2 aliphatic carbocycles. The van der Waals surface area contributed by atoms with Gasteiger partial charge in [0.1, 0.15) is 23.8 Å². The maximum atomic E-state index is 6.41. The molecule has 35 heavy (non-hydrogen) atoms. The molecule has 1 aromatic heterocycles. The van der Waals surface area contributed by atoms with Gasteiger partial charge in [-0.3, -0.25) is 0 Å². The van der Waals surface area contributed by atoms with E-state index < -0.39 is 0 Å². The fourth-order valence-electron chi connectivity index (χ4n) is 7.04. The highest BCUT2D eigenvalue weighted by atomic mass is 16.5. The third-order valence-corrected chi connectivity index (χ3v) is 8.66. The van der Waals surface area contributed by atoms with E-state index in [9.17, 15) is 0 Å². The summed E-state index contributed by atoms with van der Waals surface area (Å²) in [5.74, 6) is 2.94. The predicted molar refractivity (Wildman–Crippen MR) is 140 cm³/mol. The van der Waals surface area contributed by atoms with Gasteiger partial charge in [-0.15, -0.1) is 5.10 Å². The summed E-state index contributed by atoms with van der Waals surface area (Å²) in [5.41, 5.74) is 6.88. The summed E-state index contributed by atoms with van der Waals surface area (Å²) in [6.07, 6.45) is 8.30. The number of rotatable bonds is 6. The molecule has 0 bridgehead atoms. The molecule has 0 aliphatic heterocycles. The second-order valence-corrected chi connectivity index (χ2v) is 11.7. The van der Waals surface area contributed by atoms with Gasteiger partial charge in [0, 0.05) is 11.6 Å². The van der Waals surface area contributed by atoms with Crippen molar-refractivity contribution < 1.29 is 9.47 Å². The minimum atomic E-state index is 0.261. The molecule has 2 aromatic carbocycles. The Morgan fingerprint density at radius 1 is 1.11 bits per heavy atom.